The number of hydrogen-bond acceptors (Lipinski definition) is 2. The van der Waals surface area contributed by atoms with Crippen molar-refractivity contribution in [3.8, 4) is 0 Å². The molecule has 0 saturated heterocycles. The normalized spacial score (nSPS) is 25.2. The third kappa shape index (κ3) is 4.62. The lowest BCUT2D eigenvalue weighted by molar-refractivity contribution is 0.280. The number of benzene rings is 1. The monoisotopic (exact) mass is 447 g/mol. The van der Waals surface area contributed by atoms with Gasteiger partial charge < -0.3 is 9.47 Å². The number of nitrogens with zero attached hydrogens (tertiary/aromatic N) is 3. The summed E-state index contributed by atoms with van der Waals surface area (Å²) >= 11 is 0. The summed E-state index contributed by atoms with van der Waals surface area (Å²) in [5.41, 5.74) is 6.84. The first-order valence-electron chi connectivity index (χ1n) is 14.0. The molecule has 5 rings (SSSR count). The van der Waals surface area contributed by atoms with Gasteiger partial charge in [-0.1, -0.05) is 58.1 Å². The molecule has 2 saturated carbocycles. The highest BCUT2D eigenvalue weighted by atomic mass is 15.1. The minimum Gasteiger partial charge on any atom is -0.371 e. The summed E-state index contributed by atoms with van der Waals surface area (Å²) in [6, 6.07) is 5.36. The molecule has 0 radical (unpaired) electrons. The summed E-state index contributed by atoms with van der Waals surface area (Å²) in [7, 11) is 0. The van der Waals surface area contributed by atoms with E-state index < -0.39 is 0 Å². The lowest BCUT2D eigenvalue weighted by Crippen LogP contribution is -2.28. The summed E-state index contributed by atoms with van der Waals surface area (Å²) < 4.78 is 2.71. The van der Waals surface area contributed by atoms with Gasteiger partial charge in [-0.2, -0.15) is 0 Å². The molecular weight excluding hydrogens is 402 g/mol. The zero-order chi connectivity index (χ0) is 22.9. The average Bonchev–Trinajstić information content (AvgIpc) is 3.24. The molecule has 0 amide bonds. The van der Waals surface area contributed by atoms with E-state index in [1.807, 2.05) is 0 Å². The van der Waals surface area contributed by atoms with Crippen molar-refractivity contribution in [3.05, 3.63) is 41.4 Å². The molecule has 1 aromatic heterocycles. The van der Waals surface area contributed by atoms with Gasteiger partial charge in [0, 0.05) is 36.3 Å². The molecule has 1 aliphatic heterocycles. The van der Waals surface area contributed by atoms with Crippen molar-refractivity contribution < 1.29 is 0 Å². The Morgan fingerprint density at radius 3 is 2.52 bits per heavy atom. The molecule has 0 N–H and O–H groups in total. The number of imidazole rings is 1. The molecule has 1 atom stereocenters. The van der Waals surface area contributed by atoms with Gasteiger partial charge in [0.1, 0.15) is 5.82 Å². The van der Waals surface area contributed by atoms with Crippen LogP contribution in [0.3, 0.4) is 0 Å². The molecule has 0 unspecified atom stereocenters. The van der Waals surface area contributed by atoms with Crippen LogP contribution in [0.5, 0.6) is 0 Å². The van der Waals surface area contributed by atoms with Gasteiger partial charge in [-0.3, -0.25) is 0 Å². The van der Waals surface area contributed by atoms with E-state index in [1.165, 1.54) is 104 Å². The van der Waals surface area contributed by atoms with Gasteiger partial charge in [-0.25, -0.2) is 4.98 Å². The van der Waals surface area contributed by atoms with E-state index in [4.69, 9.17) is 4.98 Å². The van der Waals surface area contributed by atoms with Crippen molar-refractivity contribution in [2.75, 3.05) is 6.54 Å². The number of rotatable bonds is 6. The zero-order valence-electron chi connectivity index (χ0n) is 21.4. The fourth-order valence-corrected chi connectivity index (χ4v) is 7.13. The molecule has 33 heavy (non-hydrogen) atoms. The largest absolute Gasteiger partial charge is 0.371 e. The van der Waals surface area contributed by atoms with Crippen LogP contribution >= 0.6 is 0 Å². The standard InChI is InChI=1S/C30H45N3/c1-5-23-11-13-26(14-12-23)30-31-29-27-20-32(21(2)3)18-17-25(27)15-16-28(29)33(30)22(4)19-24-9-7-6-8-10-24/h15-16,22-24,26H,2,5-14,17-20H2,1,3-4H3/t22-,23-,26-/m0/s1. The Morgan fingerprint density at radius 1 is 1.06 bits per heavy atom. The molecule has 2 aromatic rings. The van der Waals surface area contributed by atoms with Gasteiger partial charge in [0.15, 0.2) is 0 Å². The predicted octanol–water partition coefficient (Wildman–Crippen LogP) is 8.14. The fourth-order valence-electron chi connectivity index (χ4n) is 7.13. The molecule has 180 valence electrons. The summed E-state index contributed by atoms with van der Waals surface area (Å²) in [5.74, 6) is 3.86. The first kappa shape index (κ1) is 23.0. The maximum atomic E-state index is 5.52. The van der Waals surface area contributed by atoms with Crippen LogP contribution in [0.1, 0.15) is 120 Å². The highest BCUT2D eigenvalue weighted by Gasteiger charge is 2.30. The maximum Gasteiger partial charge on any atom is 0.113 e. The van der Waals surface area contributed by atoms with Crippen molar-refractivity contribution >= 4 is 11.0 Å². The van der Waals surface area contributed by atoms with Crippen LogP contribution in [0, 0.1) is 11.8 Å². The SMILES string of the molecule is C=C(C)N1CCc2ccc3c(nc([C@H]4CC[C@H](CC)CC4)n3[C@@H](C)CC3CCCCC3)c2C1. The van der Waals surface area contributed by atoms with E-state index in [0.29, 0.717) is 12.0 Å². The van der Waals surface area contributed by atoms with Crippen molar-refractivity contribution in [2.45, 2.75) is 116 Å². The summed E-state index contributed by atoms with van der Waals surface area (Å²) in [5, 5.41) is 0. The Balaban J connectivity index is 1.53. The molecule has 2 heterocycles. The molecule has 3 aliphatic rings. The molecule has 0 spiro atoms. The second-order valence-corrected chi connectivity index (χ2v) is 11.5. The Labute approximate surface area is 201 Å². The molecule has 0 bridgehead atoms. The molecule has 2 fully saturated rings. The van der Waals surface area contributed by atoms with Crippen LogP contribution in [0.15, 0.2) is 24.4 Å². The summed E-state index contributed by atoms with van der Waals surface area (Å²) in [4.78, 5) is 7.96. The Kier molecular flexibility index (Phi) is 6.86. The van der Waals surface area contributed by atoms with Crippen LogP contribution < -0.4 is 0 Å². The third-order valence-electron chi connectivity index (χ3n) is 9.26. The molecule has 3 heteroatoms. The van der Waals surface area contributed by atoms with E-state index in [2.05, 4.69) is 48.9 Å². The molecule has 3 nitrogen and oxygen atoms in total. The second kappa shape index (κ2) is 9.84. The topological polar surface area (TPSA) is 21.1 Å². The Morgan fingerprint density at radius 2 is 1.82 bits per heavy atom. The quantitative estimate of drug-likeness (QED) is 0.445. The van der Waals surface area contributed by atoms with Crippen molar-refractivity contribution in [2.24, 2.45) is 11.8 Å². The van der Waals surface area contributed by atoms with Crippen LogP contribution in [-0.2, 0) is 13.0 Å². The van der Waals surface area contributed by atoms with Crippen LogP contribution in [0.25, 0.3) is 11.0 Å². The van der Waals surface area contributed by atoms with E-state index in [-0.39, 0.29) is 0 Å². The minimum atomic E-state index is 0.538. The number of hydrogen-bond donors (Lipinski definition) is 0. The van der Waals surface area contributed by atoms with Crippen molar-refractivity contribution in [1.82, 2.24) is 14.5 Å². The van der Waals surface area contributed by atoms with E-state index in [9.17, 15) is 0 Å². The highest BCUT2D eigenvalue weighted by molar-refractivity contribution is 5.81. The van der Waals surface area contributed by atoms with Gasteiger partial charge >= 0.3 is 0 Å². The molecule has 2 aliphatic carbocycles. The van der Waals surface area contributed by atoms with E-state index in [0.717, 1.165) is 31.3 Å². The van der Waals surface area contributed by atoms with Crippen molar-refractivity contribution in [1.29, 1.82) is 0 Å². The van der Waals surface area contributed by atoms with E-state index in [1.54, 1.807) is 0 Å². The van der Waals surface area contributed by atoms with Crippen LogP contribution in [0.2, 0.25) is 0 Å². The Bertz CT molecular complexity index is 972. The first-order chi connectivity index (χ1) is 16.0. The van der Waals surface area contributed by atoms with Gasteiger partial charge in [0.05, 0.1) is 11.0 Å². The number of allylic oxidation sites excluding steroid dienone is 1. The van der Waals surface area contributed by atoms with Crippen LogP contribution in [0.4, 0.5) is 0 Å². The minimum absolute atomic E-state index is 0.538. The zero-order valence-corrected chi connectivity index (χ0v) is 21.4. The summed E-state index contributed by atoms with van der Waals surface area (Å²) in [6.45, 7) is 13.3. The van der Waals surface area contributed by atoms with Gasteiger partial charge in [0.2, 0.25) is 0 Å². The van der Waals surface area contributed by atoms with Crippen LogP contribution in [-0.4, -0.2) is 21.0 Å². The molecular formula is C30H45N3. The first-order valence-corrected chi connectivity index (χ1v) is 14.0. The average molecular weight is 448 g/mol. The highest BCUT2D eigenvalue weighted by Crippen LogP contribution is 2.41. The fraction of sp³-hybridized carbons (Fsp3) is 0.700. The van der Waals surface area contributed by atoms with Crippen molar-refractivity contribution in [3.63, 3.8) is 0 Å². The lowest BCUT2D eigenvalue weighted by atomic mass is 9.80. The van der Waals surface area contributed by atoms with Gasteiger partial charge in [-0.15, -0.1) is 0 Å². The van der Waals surface area contributed by atoms with Gasteiger partial charge in [-0.05, 0) is 75.8 Å². The maximum absolute atomic E-state index is 5.52. The van der Waals surface area contributed by atoms with Gasteiger partial charge in [0.25, 0.3) is 0 Å². The number of fused-ring (bicyclic) bond motifs is 3. The third-order valence-corrected chi connectivity index (χ3v) is 9.26. The van der Waals surface area contributed by atoms with E-state index >= 15 is 0 Å². The lowest BCUT2D eigenvalue weighted by Gasteiger charge is -2.31. The number of aromatic nitrogens is 2. The smallest absolute Gasteiger partial charge is 0.113 e. The predicted molar refractivity (Wildman–Crippen MR) is 140 cm³/mol. The summed E-state index contributed by atoms with van der Waals surface area (Å²) in [6.07, 6.45) is 16.3. The Hall–Kier alpha value is -1.77. The molecule has 1 aromatic carbocycles. The second-order valence-electron chi connectivity index (χ2n) is 11.5.